The lowest BCUT2D eigenvalue weighted by Gasteiger charge is -2.16. The third-order valence-corrected chi connectivity index (χ3v) is 5.17. The van der Waals surface area contributed by atoms with Crippen molar-refractivity contribution in [3.05, 3.63) is 53.3 Å². The fourth-order valence-corrected chi connectivity index (χ4v) is 3.88. The van der Waals surface area contributed by atoms with Crippen molar-refractivity contribution in [2.24, 2.45) is 0 Å². The highest BCUT2D eigenvalue weighted by molar-refractivity contribution is 7.99. The summed E-state index contributed by atoms with van der Waals surface area (Å²) in [5.74, 6) is 0.935. The molecule has 1 aliphatic carbocycles. The Labute approximate surface area is 151 Å². The van der Waals surface area contributed by atoms with E-state index in [0.717, 1.165) is 36.8 Å². The smallest absolute Gasteiger partial charge is 0.195 e. The summed E-state index contributed by atoms with van der Waals surface area (Å²) in [4.78, 5) is 10.6. The minimum atomic E-state index is 0.694. The van der Waals surface area contributed by atoms with Gasteiger partial charge in [-0.25, -0.2) is 9.97 Å². The van der Waals surface area contributed by atoms with E-state index >= 15 is 0 Å². The summed E-state index contributed by atoms with van der Waals surface area (Å²) in [5.41, 5.74) is 3.93. The third kappa shape index (κ3) is 3.93. The topological polar surface area (TPSA) is 70.8 Å². The molecule has 0 aliphatic heterocycles. The first-order valence-corrected chi connectivity index (χ1v) is 9.37. The number of aryl methyl sites for hydroxylation is 1. The Kier molecular flexibility index (Phi) is 4.85. The summed E-state index contributed by atoms with van der Waals surface area (Å²) in [5, 5.41) is 9.24. The lowest BCUT2D eigenvalue weighted by Crippen LogP contribution is -2.18. The normalized spacial score (nSPS) is 14.0. The van der Waals surface area contributed by atoms with E-state index in [1.807, 2.05) is 12.1 Å². The highest BCUT2D eigenvalue weighted by Crippen LogP contribution is 2.27. The Bertz CT molecular complexity index is 829. The zero-order chi connectivity index (χ0) is 17.1. The first-order chi connectivity index (χ1) is 12.3. The molecule has 0 fully saturated rings. The number of aromatic amines is 1. The second-order valence-electron chi connectivity index (χ2n) is 6.36. The van der Waals surface area contributed by atoms with Gasteiger partial charge in [-0.05, 0) is 68.3 Å². The number of nitrogens with one attached hydrogen (secondary N) is 1. The molecule has 25 heavy (non-hydrogen) atoms. The summed E-state index contributed by atoms with van der Waals surface area (Å²) >= 11 is 1.43. The largest absolute Gasteiger partial charge is 0.453 e. The summed E-state index contributed by atoms with van der Waals surface area (Å²) in [6, 6.07) is 5.79. The molecule has 0 radical (unpaired) electrons. The van der Waals surface area contributed by atoms with Gasteiger partial charge in [-0.3, -0.25) is 10.00 Å². The predicted octanol–water partition coefficient (Wildman–Crippen LogP) is 3.45. The van der Waals surface area contributed by atoms with Gasteiger partial charge in [0, 0.05) is 24.6 Å². The molecular weight excluding hydrogens is 334 g/mol. The summed E-state index contributed by atoms with van der Waals surface area (Å²) in [7, 11) is 2.10. The molecule has 0 bridgehead atoms. The van der Waals surface area contributed by atoms with Gasteiger partial charge in [0.15, 0.2) is 10.2 Å². The highest BCUT2D eigenvalue weighted by Gasteiger charge is 2.18. The average molecular weight is 355 g/mol. The number of fused-ring (bicyclic) bond motifs is 1. The van der Waals surface area contributed by atoms with Crippen molar-refractivity contribution in [1.82, 2.24) is 25.1 Å². The maximum absolute atomic E-state index is 5.90. The molecule has 130 valence electrons. The van der Waals surface area contributed by atoms with E-state index in [4.69, 9.17) is 4.42 Å². The number of hydrogen-bond acceptors (Lipinski definition) is 6. The van der Waals surface area contributed by atoms with Gasteiger partial charge in [-0.15, -0.1) is 0 Å². The molecule has 3 aromatic rings. The molecule has 0 unspecified atom stereocenters. The van der Waals surface area contributed by atoms with Crippen LogP contribution in [0.4, 0.5) is 0 Å². The van der Waals surface area contributed by atoms with Gasteiger partial charge in [-0.2, -0.15) is 5.10 Å². The number of nitrogens with zero attached hydrogens (tertiary/aromatic N) is 4. The van der Waals surface area contributed by atoms with Gasteiger partial charge in [0.25, 0.3) is 0 Å². The van der Waals surface area contributed by atoms with Crippen molar-refractivity contribution in [2.45, 2.75) is 49.0 Å². The Morgan fingerprint density at radius 1 is 1.16 bits per heavy atom. The molecule has 0 aromatic carbocycles. The first kappa shape index (κ1) is 16.4. The van der Waals surface area contributed by atoms with Crippen LogP contribution in [0.3, 0.4) is 0 Å². The second-order valence-corrected chi connectivity index (χ2v) is 7.33. The maximum Gasteiger partial charge on any atom is 0.195 e. The maximum atomic E-state index is 5.90. The molecule has 0 spiro atoms. The van der Waals surface area contributed by atoms with Gasteiger partial charge >= 0.3 is 0 Å². The van der Waals surface area contributed by atoms with Crippen LogP contribution in [0.15, 0.2) is 45.3 Å². The third-order valence-electron chi connectivity index (χ3n) is 4.36. The van der Waals surface area contributed by atoms with Crippen LogP contribution in [-0.2, 0) is 25.9 Å². The molecular formula is C18H21N5OS. The quantitative estimate of drug-likeness (QED) is 0.683. The monoisotopic (exact) mass is 355 g/mol. The average Bonchev–Trinajstić information content (AvgIpc) is 3.23. The van der Waals surface area contributed by atoms with Gasteiger partial charge in [0.2, 0.25) is 0 Å². The molecule has 1 aliphatic rings. The highest BCUT2D eigenvalue weighted by atomic mass is 32.2. The zero-order valence-corrected chi connectivity index (χ0v) is 15.1. The minimum Gasteiger partial charge on any atom is -0.453 e. The molecule has 0 saturated heterocycles. The van der Waals surface area contributed by atoms with Gasteiger partial charge in [0.05, 0.1) is 12.2 Å². The lowest BCUT2D eigenvalue weighted by molar-refractivity contribution is 0.273. The van der Waals surface area contributed by atoms with Crippen LogP contribution in [-0.4, -0.2) is 32.1 Å². The lowest BCUT2D eigenvalue weighted by atomic mass is 9.96. The number of aromatic nitrogens is 4. The fraction of sp³-hybridized carbons (Fsp3) is 0.389. The van der Waals surface area contributed by atoms with Crippen molar-refractivity contribution in [3.63, 3.8) is 0 Å². The van der Waals surface area contributed by atoms with Crippen molar-refractivity contribution in [3.8, 4) is 0 Å². The standard InChI is InChI=1S/C18H21N5OS/c1-23(12-16-14-5-2-3-6-15(14)21-22-16)11-13-7-8-17(24-13)25-18-19-9-4-10-20-18/h4,7-10H,2-3,5-6,11-12H2,1H3,(H,21,22). The Hall–Kier alpha value is -2.12. The van der Waals surface area contributed by atoms with Crippen LogP contribution in [0.1, 0.15) is 35.6 Å². The molecule has 3 heterocycles. The van der Waals surface area contributed by atoms with Gasteiger partial charge in [0.1, 0.15) is 5.76 Å². The van der Waals surface area contributed by atoms with Crippen LogP contribution in [0, 0.1) is 0 Å². The Morgan fingerprint density at radius 2 is 2.00 bits per heavy atom. The summed E-state index contributed by atoms with van der Waals surface area (Å²) < 4.78 is 5.90. The molecule has 0 saturated carbocycles. The fourth-order valence-electron chi connectivity index (χ4n) is 3.18. The van der Waals surface area contributed by atoms with E-state index in [1.165, 1.54) is 41.6 Å². The molecule has 4 rings (SSSR count). The van der Waals surface area contributed by atoms with E-state index in [-0.39, 0.29) is 0 Å². The predicted molar refractivity (Wildman–Crippen MR) is 95.3 cm³/mol. The van der Waals surface area contributed by atoms with Crippen molar-refractivity contribution >= 4 is 11.8 Å². The van der Waals surface area contributed by atoms with Gasteiger partial charge < -0.3 is 4.42 Å². The zero-order valence-electron chi connectivity index (χ0n) is 14.2. The molecule has 0 amide bonds. The first-order valence-electron chi connectivity index (χ1n) is 8.55. The molecule has 6 nitrogen and oxygen atoms in total. The number of furan rings is 1. The summed E-state index contributed by atoms with van der Waals surface area (Å²) in [6.07, 6.45) is 8.28. The molecule has 3 aromatic heterocycles. The number of H-pyrrole nitrogens is 1. The number of rotatable bonds is 6. The second kappa shape index (κ2) is 7.41. The number of hydrogen-bond donors (Lipinski definition) is 1. The van der Waals surface area contributed by atoms with Crippen molar-refractivity contribution in [2.75, 3.05) is 7.05 Å². The Balaban J connectivity index is 1.37. The Morgan fingerprint density at radius 3 is 2.88 bits per heavy atom. The van der Waals surface area contributed by atoms with Crippen LogP contribution in [0.25, 0.3) is 0 Å². The van der Waals surface area contributed by atoms with E-state index in [2.05, 4.69) is 32.1 Å². The molecule has 0 atom stereocenters. The van der Waals surface area contributed by atoms with E-state index in [1.54, 1.807) is 18.5 Å². The van der Waals surface area contributed by atoms with Crippen molar-refractivity contribution in [1.29, 1.82) is 0 Å². The van der Waals surface area contributed by atoms with E-state index < -0.39 is 0 Å². The van der Waals surface area contributed by atoms with E-state index in [0.29, 0.717) is 5.16 Å². The van der Waals surface area contributed by atoms with Crippen LogP contribution < -0.4 is 0 Å². The SMILES string of the molecule is CN(Cc1ccc(Sc2ncccn2)o1)Cc1n[nH]c2c1CCCC2. The summed E-state index contributed by atoms with van der Waals surface area (Å²) in [6.45, 7) is 1.58. The van der Waals surface area contributed by atoms with Crippen LogP contribution in [0.2, 0.25) is 0 Å². The van der Waals surface area contributed by atoms with Crippen LogP contribution in [0.5, 0.6) is 0 Å². The van der Waals surface area contributed by atoms with Gasteiger partial charge in [-0.1, -0.05) is 0 Å². The van der Waals surface area contributed by atoms with Crippen LogP contribution >= 0.6 is 11.8 Å². The molecule has 7 heteroatoms. The van der Waals surface area contributed by atoms with Crippen molar-refractivity contribution < 1.29 is 4.42 Å². The minimum absolute atomic E-state index is 0.694. The van der Waals surface area contributed by atoms with E-state index in [9.17, 15) is 0 Å². The molecule has 1 N–H and O–H groups in total.